The average Bonchev–Trinajstić information content (AvgIpc) is 2.80. The summed E-state index contributed by atoms with van der Waals surface area (Å²) in [5, 5.41) is 4.25. The zero-order valence-electron chi connectivity index (χ0n) is 14.4. The lowest BCUT2D eigenvalue weighted by Crippen LogP contribution is -2.27. The maximum absolute atomic E-state index is 12.6. The molecule has 5 nitrogen and oxygen atoms in total. The lowest BCUT2D eigenvalue weighted by Gasteiger charge is -2.15. The fraction of sp³-hybridized carbons (Fsp3) is 0.438. The molecule has 0 aliphatic carbocycles. The SMILES string of the molecule is CCN(C)S(=O)(=O)c1c(C)nn(Cc2ccc(C(F)(F)F)cc2)c1C. The third kappa shape index (κ3) is 3.87. The first-order valence-corrected chi connectivity index (χ1v) is 9.09. The van der Waals surface area contributed by atoms with E-state index >= 15 is 0 Å². The van der Waals surface area contributed by atoms with Crippen molar-refractivity contribution in [1.82, 2.24) is 14.1 Å². The number of benzene rings is 1. The Hall–Kier alpha value is -1.87. The molecule has 1 heterocycles. The van der Waals surface area contributed by atoms with Gasteiger partial charge in [0.15, 0.2) is 0 Å². The molecule has 0 amide bonds. The molecule has 138 valence electrons. The first-order valence-electron chi connectivity index (χ1n) is 7.65. The Morgan fingerprint density at radius 3 is 2.20 bits per heavy atom. The average molecular weight is 375 g/mol. The summed E-state index contributed by atoms with van der Waals surface area (Å²) in [6.07, 6.45) is -4.39. The fourth-order valence-electron chi connectivity index (χ4n) is 2.51. The van der Waals surface area contributed by atoms with Crippen LogP contribution in [0.1, 0.15) is 29.4 Å². The molecule has 2 rings (SSSR count). The van der Waals surface area contributed by atoms with E-state index in [1.54, 1.807) is 20.8 Å². The minimum atomic E-state index is -4.39. The van der Waals surface area contributed by atoms with Crippen LogP contribution in [0.15, 0.2) is 29.2 Å². The number of hydrogen-bond donors (Lipinski definition) is 0. The number of sulfonamides is 1. The highest BCUT2D eigenvalue weighted by atomic mass is 32.2. The van der Waals surface area contributed by atoms with E-state index < -0.39 is 21.8 Å². The topological polar surface area (TPSA) is 55.2 Å². The highest BCUT2D eigenvalue weighted by molar-refractivity contribution is 7.89. The minimum Gasteiger partial charge on any atom is -0.264 e. The van der Waals surface area contributed by atoms with Gasteiger partial charge < -0.3 is 0 Å². The second kappa shape index (κ2) is 6.80. The van der Waals surface area contributed by atoms with Crippen molar-refractivity contribution < 1.29 is 21.6 Å². The predicted octanol–water partition coefficient (Wildman–Crippen LogP) is 3.21. The van der Waals surface area contributed by atoms with E-state index in [0.717, 1.165) is 12.1 Å². The van der Waals surface area contributed by atoms with Gasteiger partial charge in [0.1, 0.15) is 4.90 Å². The Labute approximate surface area is 145 Å². The Morgan fingerprint density at radius 2 is 1.72 bits per heavy atom. The van der Waals surface area contributed by atoms with Crippen molar-refractivity contribution in [1.29, 1.82) is 0 Å². The molecule has 1 aromatic carbocycles. The van der Waals surface area contributed by atoms with E-state index in [0.29, 0.717) is 23.5 Å². The summed E-state index contributed by atoms with van der Waals surface area (Å²) in [6, 6.07) is 4.74. The molecule has 0 saturated heterocycles. The number of rotatable bonds is 5. The van der Waals surface area contributed by atoms with Crippen molar-refractivity contribution in [3.63, 3.8) is 0 Å². The van der Waals surface area contributed by atoms with E-state index in [1.165, 1.54) is 28.2 Å². The number of halogens is 3. The monoisotopic (exact) mass is 375 g/mol. The number of alkyl halides is 3. The van der Waals surface area contributed by atoms with Crippen molar-refractivity contribution in [2.75, 3.05) is 13.6 Å². The molecule has 25 heavy (non-hydrogen) atoms. The van der Waals surface area contributed by atoms with Crippen LogP contribution in [0.5, 0.6) is 0 Å². The quantitative estimate of drug-likeness (QED) is 0.806. The van der Waals surface area contributed by atoms with Crippen LogP contribution in [0.3, 0.4) is 0 Å². The number of hydrogen-bond acceptors (Lipinski definition) is 3. The van der Waals surface area contributed by atoms with Gasteiger partial charge in [-0.15, -0.1) is 0 Å². The summed E-state index contributed by atoms with van der Waals surface area (Å²) in [5.41, 5.74) is 0.700. The van der Waals surface area contributed by atoms with Gasteiger partial charge in [-0.05, 0) is 31.5 Å². The Morgan fingerprint density at radius 1 is 1.16 bits per heavy atom. The number of aromatic nitrogens is 2. The lowest BCUT2D eigenvalue weighted by molar-refractivity contribution is -0.137. The maximum atomic E-state index is 12.6. The second-order valence-electron chi connectivity index (χ2n) is 5.77. The van der Waals surface area contributed by atoms with E-state index in [2.05, 4.69) is 5.10 Å². The Balaban J connectivity index is 2.35. The summed E-state index contributed by atoms with van der Waals surface area (Å²) in [5.74, 6) is 0. The van der Waals surface area contributed by atoms with Crippen molar-refractivity contribution in [2.24, 2.45) is 0 Å². The van der Waals surface area contributed by atoms with Crippen molar-refractivity contribution in [3.8, 4) is 0 Å². The van der Waals surface area contributed by atoms with Gasteiger partial charge in [-0.2, -0.15) is 18.3 Å². The molecular formula is C16H20F3N3O2S. The molecule has 0 spiro atoms. The highest BCUT2D eigenvalue weighted by Gasteiger charge is 2.30. The molecule has 0 bridgehead atoms. The highest BCUT2D eigenvalue weighted by Crippen LogP contribution is 2.29. The molecule has 0 aliphatic rings. The molecule has 1 aromatic heterocycles. The molecule has 0 radical (unpaired) electrons. The van der Waals surface area contributed by atoms with Crippen molar-refractivity contribution >= 4 is 10.0 Å². The molecular weight excluding hydrogens is 355 g/mol. The zero-order valence-corrected chi connectivity index (χ0v) is 15.2. The van der Waals surface area contributed by atoms with Crippen LogP contribution in [0, 0.1) is 13.8 Å². The van der Waals surface area contributed by atoms with Gasteiger partial charge in [0.25, 0.3) is 0 Å². The van der Waals surface area contributed by atoms with Crippen LogP contribution < -0.4 is 0 Å². The van der Waals surface area contributed by atoms with E-state index in [4.69, 9.17) is 0 Å². The third-order valence-electron chi connectivity index (χ3n) is 4.04. The molecule has 2 aromatic rings. The molecule has 0 fully saturated rings. The molecule has 0 N–H and O–H groups in total. The van der Waals surface area contributed by atoms with Gasteiger partial charge in [0.2, 0.25) is 10.0 Å². The van der Waals surface area contributed by atoms with Gasteiger partial charge in [0, 0.05) is 13.6 Å². The summed E-state index contributed by atoms with van der Waals surface area (Å²) in [4.78, 5) is 0.142. The van der Waals surface area contributed by atoms with Gasteiger partial charge in [0.05, 0.1) is 23.5 Å². The largest absolute Gasteiger partial charge is 0.416 e. The van der Waals surface area contributed by atoms with Crippen molar-refractivity contribution in [2.45, 2.75) is 38.4 Å². The minimum absolute atomic E-state index is 0.142. The van der Waals surface area contributed by atoms with Gasteiger partial charge in [-0.25, -0.2) is 12.7 Å². The molecule has 0 atom stereocenters. The summed E-state index contributed by atoms with van der Waals surface area (Å²) >= 11 is 0. The first kappa shape index (κ1) is 19.5. The molecule has 0 unspecified atom stereocenters. The molecule has 9 heteroatoms. The summed E-state index contributed by atoms with van der Waals surface area (Å²) < 4.78 is 65.7. The Bertz CT molecular complexity index is 856. The lowest BCUT2D eigenvalue weighted by atomic mass is 10.1. The van der Waals surface area contributed by atoms with Gasteiger partial charge in [-0.3, -0.25) is 4.68 Å². The third-order valence-corrected chi connectivity index (χ3v) is 6.23. The standard InChI is InChI=1S/C16H20F3N3O2S/c1-5-21(4)25(23,24)15-11(2)20-22(12(15)3)10-13-6-8-14(9-7-13)16(17,18)19/h6-9H,5,10H2,1-4H3. The van der Waals surface area contributed by atoms with Crippen LogP contribution in [-0.4, -0.2) is 36.1 Å². The van der Waals surface area contributed by atoms with Crippen LogP contribution in [0.25, 0.3) is 0 Å². The molecule has 0 aliphatic heterocycles. The van der Waals surface area contributed by atoms with Crippen LogP contribution in [0.2, 0.25) is 0 Å². The van der Waals surface area contributed by atoms with Crippen molar-refractivity contribution in [3.05, 3.63) is 46.8 Å². The van der Waals surface area contributed by atoms with E-state index in [1.807, 2.05) is 0 Å². The van der Waals surface area contributed by atoms with Gasteiger partial charge in [-0.1, -0.05) is 19.1 Å². The number of nitrogens with zero attached hydrogens (tertiary/aromatic N) is 3. The fourth-order valence-corrected chi connectivity index (χ4v) is 4.05. The Kier molecular flexibility index (Phi) is 5.29. The maximum Gasteiger partial charge on any atom is 0.416 e. The zero-order chi connectivity index (χ0) is 19.0. The normalized spacial score (nSPS) is 12.8. The van der Waals surface area contributed by atoms with E-state index in [9.17, 15) is 21.6 Å². The smallest absolute Gasteiger partial charge is 0.264 e. The molecule has 0 saturated carbocycles. The number of aryl methyl sites for hydroxylation is 1. The predicted molar refractivity (Wildman–Crippen MR) is 87.7 cm³/mol. The summed E-state index contributed by atoms with van der Waals surface area (Å²) in [6.45, 7) is 5.49. The van der Waals surface area contributed by atoms with Crippen LogP contribution >= 0.6 is 0 Å². The van der Waals surface area contributed by atoms with E-state index in [-0.39, 0.29) is 11.4 Å². The van der Waals surface area contributed by atoms with Crippen LogP contribution in [-0.2, 0) is 22.7 Å². The van der Waals surface area contributed by atoms with Gasteiger partial charge >= 0.3 is 6.18 Å². The first-order chi connectivity index (χ1) is 11.5. The summed E-state index contributed by atoms with van der Waals surface area (Å²) in [7, 11) is -2.16. The second-order valence-corrected chi connectivity index (χ2v) is 7.75. The van der Waals surface area contributed by atoms with Crippen LogP contribution in [0.4, 0.5) is 13.2 Å².